The van der Waals surface area contributed by atoms with Crippen LogP contribution in [0.1, 0.15) is 18.4 Å². The largest absolute Gasteiger partial charge is 0.496 e. The fraction of sp³-hybridized carbons (Fsp3) is 0.500. The Labute approximate surface area is 136 Å². The van der Waals surface area contributed by atoms with Crippen LogP contribution in [0.3, 0.4) is 0 Å². The third-order valence-electron chi connectivity index (χ3n) is 3.13. The molecule has 0 saturated carbocycles. The van der Waals surface area contributed by atoms with Crippen molar-refractivity contribution in [2.75, 3.05) is 33.8 Å². The van der Waals surface area contributed by atoms with E-state index in [-0.39, 0.29) is 0 Å². The van der Waals surface area contributed by atoms with Crippen molar-refractivity contribution in [3.05, 3.63) is 29.8 Å². The summed E-state index contributed by atoms with van der Waals surface area (Å²) in [6, 6.07) is 8.22. The number of methoxy groups -OCH3 is 1. The highest BCUT2D eigenvalue weighted by Crippen LogP contribution is 2.17. The lowest BCUT2D eigenvalue weighted by molar-refractivity contribution is -0.159. The van der Waals surface area contributed by atoms with E-state index in [2.05, 4.69) is 24.1 Å². The van der Waals surface area contributed by atoms with E-state index >= 15 is 0 Å². The first kappa shape index (κ1) is 20.9. The molecule has 7 nitrogen and oxygen atoms in total. The third kappa shape index (κ3) is 10.3. The number of carboxylic acid groups (broad SMARTS) is 2. The van der Waals surface area contributed by atoms with Gasteiger partial charge in [0.25, 0.3) is 0 Å². The first-order valence-corrected chi connectivity index (χ1v) is 7.39. The van der Waals surface area contributed by atoms with Crippen molar-refractivity contribution in [1.29, 1.82) is 0 Å². The number of hydrogen-bond acceptors (Lipinski definition) is 5. The van der Waals surface area contributed by atoms with Gasteiger partial charge in [0.1, 0.15) is 5.75 Å². The molecule has 0 aliphatic carbocycles. The van der Waals surface area contributed by atoms with Gasteiger partial charge in [-0.1, -0.05) is 18.2 Å². The second-order valence-electron chi connectivity index (χ2n) is 4.97. The van der Waals surface area contributed by atoms with Crippen molar-refractivity contribution in [2.45, 2.75) is 19.3 Å². The monoisotopic (exact) mass is 326 g/mol. The molecular weight excluding hydrogens is 300 g/mol. The predicted molar refractivity (Wildman–Crippen MR) is 87.8 cm³/mol. The van der Waals surface area contributed by atoms with E-state index in [1.807, 2.05) is 12.1 Å². The molecule has 0 amide bonds. The van der Waals surface area contributed by atoms with E-state index in [4.69, 9.17) is 30.3 Å². The van der Waals surface area contributed by atoms with Crippen LogP contribution in [0.4, 0.5) is 0 Å². The van der Waals surface area contributed by atoms with Gasteiger partial charge in [0.15, 0.2) is 0 Å². The van der Waals surface area contributed by atoms with Gasteiger partial charge in [0.05, 0.1) is 7.11 Å². The van der Waals surface area contributed by atoms with Gasteiger partial charge in [0.2, 0.25) is 0 Å². The molecule has 0 saturated heterocycles. The lowest BCUT2D eigenvalue weighted by Crippen LogP contribution is -2.23. The highest BCUT2D eigenvalue weighted by Gasteiger charge is 2.04. The Morgan fingerprint density at radius 1 is 1.13 bits per heavy atom. The number of nitrogens with two attached hydrogens (primary N) is 1. The highest BCUT2D eigenvalue weighted by molar-refractivity contribution is 6.27. The number of hydrogen-bond donors (Lipinski definition) is 3. The van der Waals surface area contributed by atoms with Crippen molar-refractivity contribution >= 4 is 11.9 Å². The average Bonchev–Trinajstić information content (AvgIpc) is 2.54. The summed E-state index contributed by atoms with van der Waals surface area (Å²) in [6.07, 6.45) is 3.32. The minimum absolute atomic E-state index is 0.792. The van der Waals surface area contributed by atoms with E-state index in [1.54, 1.807) is 7.11 Å². The van der Waals surface area contributed by atoms with Gasteiger partial charge in [-0.05, 0) is 51.0 Å². The molecule has 0 radical (unpaired) electrons. The van der Waals surface area contributed by atoms with Crippen LogP contribution in [-0.4, -0.2) is 60.8 Å². The molecule has 0 aliphatic rings. The van der Waals surface area contributed by atoms with Crippen LogP contribution in [0.5, 0.6) is 5.75 Å². The molecule has 0 unspecified atom stereocenters. The molecule has 0 spiro atoms. The molecule has 0 atom stereocenters. The number of carbonyl (C=O) groups is 2. The average molecular weight is 326 g/mol. The third-order valence-corrected chi connectivity index (χ3v) is 3.13. The SMILES string of the molecule is COc1ccccc1CCN(C)CCCCN.O=C(O)C(=O)O. The summed E-state index contributed by atoms with van der Waals surface area (Å²) in [5.74, 6) is -2.66. The second-order valence-corrected chi connectivity index (χ2v) is 4.97. The summed E-state index contributed by atoms with van der Waals surface area (Å²) < 4.78 is 5.34. The molecule has 4 N–H and O–H groups in total. The Hall–Kier alpha value is -2.12. The van der Waals surface area contributed by atoms with Crippen molar-refractivity contribution < 1.29 is 24.5 Å². The summed E-state index contributed by atoms with van der Waals surface area (Å²) in [4.78, 5) is 20.5. The maximum absolute atomic E-state index is 9.10. The zero-order valence-corrected chi connectivity index (χ0v) is 13.7. The van der Waals surface area contributed by atoms with E-state index in [0.717, 1.165) is 38.2 Å². The molecule has 0 aliphatic heterocycles. The molecule has 0 fully saturated rings. The highest BCUT2D eigenvalue weighted by atomic mass is 16.5. The minimum Gasteiger partial charge on any atom is -0.496 e. The van der Waals surface area contributed by atoms with Gasteiger partial charge in [-0.2, -0.15) is 0 Å². The first-order valence-electron chi connectivity index (χ1n) is 7.39. The quantitative estimate of drug-likeness (QED) is 0.483. The molecule has 130 valence electrons. The van der Waals surface area contributed by atoms with Crippen molar-refractivity contribution in [2.24, 2.45) is 5.73 Å². The van der Waals surface area contributed by atoms with Crippen LogP contribution in [0.2, 0.25) is 0 Å². The van der Waals surface area contributed by atoms with Gasteiger partial charge in [-0.15, -0.1) is 0 Å². The number of likely N-dealkylation sites (N-methyl/N-ethyl adjacent to an activating group) is 1. The fourth-order valence-corrected chi connectivity index (χ4v) is 1.86. The van der Waals surface area contributed by atoms with Crippen molar-refractivity contribution in [3.63, 3.8) is 0 Å². The minimum atomic E-state index is -1.82. The van der Waals surface area contributed by atoms with Gasteiger partial charge in [0, 0.05) is 6.54 Å². The maximum Gasteiger partial charge on any atom is 0.414 e. The molecule has 1 aromatic rings. The number of aliphatic carboxylic acids is 2. The number of benzene rings is 1. The number of unbranched alkanes of at least 4 members (excludes halogenated alkanes) is 1. The number of nitrogens with zero attached hydrogens (tertiary/aromatic N) is 1. The number of carboxylic acids is 2. The second kappa shape index (κ2) is 12.4. The summed E-state index contributed by atoms with van der Waals surface area (Å²) in [7, 11) is 3.88. The van der Waals surface area contributed by atoms with E-state index in [0.29, 0.717) is 0 Å². The number of rotatable bonds is 8. The summed E-state index contributed by atoms with van der Waals surface area (Å²) in [5, 5.41) is 14.8. The normalized spacial score (nSPS) is 9.91. The fourth-order valence-electron chi connectivity index (χ4n) is 1.86. The van der Waals surface area contributed by atoms with Crippen molar-refractivity contribution in [3.8, 4) is 5.75 Å². The van der Waals surface area contributed by atoms with Crippen LogP contribution in [-0.2, 0) is 16.0 Å². The van der Waals surface area contributed by atoms with Gasteiger partial charge in [-0.3, -0.25) is 0 Å². The first-order chi connectivity index (χ1) is 10.9. The molecule has 23 heavy (non-hydrogen) atoms. The topological polar surface area (TPSA) is 113 Å². The van der Waals surface area contributed by atoms with Crippen molar-refractivity contribution in [1.82, 2.24) is 4.90 Å². The Kier molecular flexibility index (Phi) is 11.3. The van der Waals surface area contributed by atoms with Gasteiger partial charge < -0.3 is 25.6 Å². The maximum atomic E-state index is 9.10. The van der Waals surface area contributed by atoms with E-state index in [1.165, 1.54) is 12.0 Å². The van der Waals surface area contributed by atoms with Crippen LogP contribution in [0.25, 0.3) is 0 Å². The van der Waals surface area contributed by atoms with Gasteiger partial charge in [-0.25, -0.2) is 9.59 Å². The summed E-state index contributed by atoms with van der Waals surface area (Å²) in [6.45, 7) is 2.97. The van der Waals surface area contributed by atoms with Crippen LogP contribution in [0.15, 0.2) is 24.3 Å². The Bertz CT molecular complexity index is 467. The zero-order valence-electron chi connectivity index (χ0n) is 13.7. The Morgan fingerprint density at radius 2 is 1.74 bits per heavy atom. The standard InChI is InChI=1S/C14H24N2O.C2H2O4/c1-16(11-6-5-10-15)12-9-13-7-3-4-8-14(13)17-2;3-1(4)2(5)6/h3-4,7-8H,5-6,9-12,15H2,1-2H3;(H,3,4)(H,5,6). The Balaban J connectivity index is 0.000000688. The summed E-state index contributed by atoms with van der Waals surface area (Å²) in [5.41, 5.74) is 6.76. The molecule has 1 rings (SSSR count). The molecule has 0 aromatic heterocycles. The molecule has 0 bridgehead atoms. The molecule has 1 aromatic carbocycles. The van der Waals surface area contributed by atoms with Crippen LogP contribution in [0, 0.1) is 0 Å². The van der Waals surface area contributed by atoms with Gasteiger partial charge >= 0.3 is 11.9 Å². The summed E-state index contributed by atoms with van der Waals surface area (Å²) >= 11 is 0. The molecule has 7 heteroatoms. The molecule has 0 heterocycles. The smallest absolute Gasteiger partial charge is 0.414 e. The van der Waals surface area contributed by atoms with E-state index < -0.39 is 11.9 Å². The predicted octanol–water partition coefficient (Wildman–Crippen LogP) is 1.06. The zero-order chi connectivity index (χ0) is 17.7. The molecular formula is C16H26N2O5. The number of ether oxygens (including phenoxy) is 1. The number of para-hydroxylation sites is 1. The lowest BCUT2D eigenvalue weighted by atomic mass is 10.1. The lowest BCUT2D eigenvalue weighted by Gasteiger charge is -2.17. The Morgan fingerprint density at radius 3 is 2.26 bits per heavy atom. The van der Waals surface area contributed by atoms with E-state index in [9.17, 15) is 0 Å². The van der Waals surface area contributed by atoms with Crippen LogP contribution >= 0.6 is 0 Å². The van der Waals surface area contributed by atoms with Crippen LogP contribution < -0.4 is 10.5 Å².